The van der Waals surface area contributed by atoms with Crippen molar-refractivity contribution in [2.24, 2.45) is 0 Å². The third-order valence-corrected chi connectivity index (χ3v) is 11.5. The van der Waals surface area contributed by atoms with Crippen LogP contribution in [0.3, 0.4) is 0 Å². The fraction of sp³-hybridized carbons (Fsp3) is 0. The first-order valence-corrected chi connectivity index (χ1v) is 19.3. The summed E-state index contributed by atoms with van der Waals surface area (Å²) < 4.78 is 0. The molecule has 9 heterocycles. The van der Waals surface area contributed by atoms with Gasteiger partial charge in [0.05, 0.1) is 49.0 Å². The van der Waals surface area contributed by atoms with Crippen LogP contribution in [0, 0.1) is 0 Å². The molecule has 9 aromatic heterocycles. The number of pyridine rings is 6. The van der Waals surface area contributed by atoms with Crippen LogP contribution in [0.15, 0.2) is 164 Å². The van der Waals surface area contributed by atoms with Gasteiger partial charge in [-0.3, -0.25) is 29.9 Å². The second-order valence-corrected chi connectivity index (χ2v) is 14.7. The molecule has 0 aliphatic rings. The predicted octanol–water partition coefficient (Wildman–Crippen LogP) is 11.7. The molecule has 0 unspecified atom stereocenters. The first-order valence-electron chi connectivity index (χ1n) is 17.6. The minimum atomic E-state index is 0. The topological polar surface area (TPSA) is 106 Å². The average Bonchev–Trinajstić information content (AvgIpc) is 4.07. The summed E-state index contributed by atoms with van der Waals surface area (Å²) in [6.45, 7) is 0. The Hall–Kier alpha value is -6.37. The number of fused-ring (bicyclic) bond motifs is 12. The maximum absolute atomic E-state index is 4.95. The monoisotopic (exact) mass is 936 g/mol. The van der Waals surface area contributed by atoms with Crippen LogP contribution in [0.1, 0.15) is 0 Å². The Morgan fingerprint density at radius 2 is 0.821 bits per heavy atom. The van der Waals surface area contributed by atoms with E-state index in [0.29, 0.717) is 0 Å². The van der Waals surface area contributed by atoms with Crippen molar-refractivity contribution in [3.8, 4) is 20.5 Å². The Bertz CT molecular complexity index is 3010. The van der Waals surface area contributed by atoms with Gasteiger partial charge < -0.3 is 4.98 Å². The van der Waals surface area contributed by atoms with Gasteiger partial charge in [0.25, 0.3) is 0 Å². The third-order valence-electron chi connectivity index (χ3n) is 9.36. The quantitative estimate of drug-likeness (QED) is 0.172. The molecule has 1 N–H and O–H groups in total. The Morgan fingerprint density at radius 1 is 0.375 bits per heavy atom. The Labute approximate surface area is 341 Å². The number of hydrogen-bond donors (Lipinski definition) is 1. The number of nitrogens with zero attached hydrogens (tertiary/aromatic N) is 7. The summed E-state index contributed by atoms with van der Waals surface area (Å²) in [4.78, 5) is 38.7. The summed E-state index contributed by atoms with van der Waals surface area (Å²) in [7, 11) is 0. The van der Waals surface area contributed by atoms with Crippen LogP contribution in [0.5, 0.6) is 0 Å². The van der Waals surface area contributed by atoms with Gasteiger partial charge in [0.15, 0.2) is 0 Å². The number of nitrogens with one attached hydrogen (secondary N) is 1. The van der Waals surface area contributed by atoms with E-state index in [0.717, 1.165) is 87.2 Å². The second-order valence-electron chi connectivity index (χ2n) is 12.7. The van der Waals surface area contributed by atoms with E-state index in [9.17, 15) is 0 Å². The molecule has 12 aromatic rings. The fourth-order valence-electron chi connectivity index (χ4n) is 6.84. The molecule has 0 amide bonds. The molecule has 0 bridgehead atoms. The predicted molar refractivity (Wildman–Crippen MR) is 227 cm³/mol. The summed E-state index contributed by atoms with van der Waals surface area (Å²) >= 11 is 3.51. The van der Waals surface area contributed by atoms with Gasteiger partial charge in [-0.25, -0.2) is 4.98 Å². The molecule has 0 aliphatic heterocycles. The van der Waals surface area contributed by atoms with Crippen LogP contribution in [0.25, 0.3) is 96.9 Å². The number of imidazole rings is 1. The van der Waals surface area contributed by atoms with E-state index in [1.807, 2.05) is 48.8 Å². The second kappa shape index (κ2) is 15.4. The molecule has 264 valence electrons. The van der Waals surface area contributed by atoms with Crippen LogP contribution >= 0.6 is 22.7 Å². The molecule has 8 nitrogen and oxygen atoms in total. The SMILES string of the molecule is [Os+4].c1cnc2c(c1)ccc1cccnc12.c1cnc2c(c1)ccc1cccnc12.c1csc(-c2ccc(-c3nc4c5cccnc5c5ncccc5c4[nH]3)s2)c1. The molecule has 3 aromatic carbocycles. The van der Waals surface area contributed by atoms with Gasteiger partial charge in [-0.15, -0.1) is 22.7 Å². The fourth-order valence-corrected chi connectivity index (χ4v) is 8.62. The largest absolute Gasteiger partial charge is 4.00 e. The molecule has 0 aliphatic carbocycles. The van der Waals surface area contributed by atoms with Crippen LogP contribution in [-0.4, -0.2) is 39.9 Å². The van der Waals surface area contributed by atoms with Gasteiger partial charge in [0.2, 0.25) is 0 Å². The number of aromatic nitrogens is 8. The summed E-state index contributed by atoms with van der Waals surface area (Å²) in [6, 6.07) is 40.9. The average molecular weight is 935 g/mol. The molecule has 0 radical (unpaired) electrons. The van der Waals surface area contributed by atoms with Gasteiger partial charge in [0.1, 0.15) is 5.82 Å². The van der Waals surface area contributed by atoms with E-state index in [1.165, 1.54) is 9.75 Å². The van der Waals surface area contributed by atoms with E-state index in [-0.39, 0.29) is 19.8 Å². The number of thiophene rings is 2. The van der Waals surface area contributed by atoms with E-state index in [1.54, 1.807) is 47.5 Å². The molecule has 0 saturated carbocycles. The normalized spacial score (nSPS) is 11.1. The molecule has 11 heteroatoms. The molecule has 0 spiro atoms. The standard InChI is InChI=1S/C21H12N4S2.2C12H8N2.Os/c1-4-12-17(22-9-1)18-13(5-2-10-23-18)20-19(12)24-21(25-20)16-8-7-15(27-16)14-6-3-11-26-14;2*1-3-9-5-6-10-4-2-8-14-12(10)11(9)13-7-1;/h1-11H,(H,24,25);2*1-8H;/q;;;+4. The van der Waals surface area contributed by atoms with E-state index >= 15 is 0 Å². The van der Waals surface area contributed by atoms with Crippen molar-refractivity contribution in [1.29, 1.82) is 0 Å². The van der Waals surface area contributed by atoms with E-state index < -0.39 is 0 Å². The summed E-state index contributed by atoms with van der Waals surface area (Å²) in [6.07, 6.45) is 10.8. The van der Waals surface area contributed by atoms with Crippen molar-refractivity contribution >= 4 is 99.1 Å². The summed E-state index contributed by atoms with van der Waals surface area (Å²) in [5, 5.41) is 8.73. The molecule has 0 saturated heterocycles. The molecule has 56 heavy (non-hydrogen) atoms. The van der Waals surface area contributed by atoms with Crippen molar-refractivity contribution in [2.75, 3.05) is 0 Å². The Balaban J connectivity index is 0.000000119. The van der Waals surface area contributed by atoms with Crippen LogP contribution in [-0.2, 0) is 19.8 Å². The van der Waals surface area contributed by atoms with Crippen molar-refractivity contribution in [2.45, 2.75) is 0 Å². The summed E-state index contributed by atoms with van der Waals surface area (Å²) in [5.41, 5.74) is 7.66. The minimum absolute atomic E-state index is 0. The number of aromatic amines is 1. The van der Waals surface area contributed by atoms with Gasteiger partial charge in [0, 0.05) is 79.3 Å². The molecule has 12 rings (SSSR count). The number of benzene rings is 3. The number of hydrogen-bond acceptors (Lipinski definition) is 9. The first kappa shape index (κ1) is 35.3. The van der Waals surface area contributed by atoms with Crippen LogP contribution in [0.2, 0.25) is 0 Å². The first-order chi connectivity index (χ1) is 27.3. The van der Waals surface area contributed by atoms with Gasteiger partial charge in [-0.05, 0) is 72.1 Å². The minimum Gasteiger partial charge on any atom is -0.337 e. The van der Waals surface area contributed by atoms with Crippen molar-refractivity contribution in [3.63, 3.8) is 0 Å². The van der Waals surface area contributed by atoms with E-state index in [2.05, 4.69) is 125 Å². The Morgan fingerprint density at radius 3 is 1.32 bits per heavy atom. The molecular formula is C45H28N8OsS2+4. The molecule has 0 atom stereocenters. The van der Waals surface area contributed by atoms with E-state index in [4.69, 9.17) is 4.98 Å². The van der Waals surface area contributed by atoms with Crippen LogP contribution in [0.4, 0.5) is 0 Å². The van der Waals surface area contributed by atoms with Crippen molar-refractivity contribution in [3.05, 3.63) is 164 Å². The zero-order chi connectivity index (χ0) is 36.6. The van der Waals surface area contributed by atoms with Crippen molar-refractivity contribution < 1.29 is 19.8 Å². The Kier molecular flexibility index (Phi) is 9.72. The van der Waals surface area contributed by atoms with Gasteiger partial charge in [-0.1, -0.05) is 54.6 Å². The van der Waals surface area contributed by atoms with Crippen LogP contribution < -0.4 is 0 Å². The zero-order valence-electron chi connectivity index (χ0n) is 29.4. The third kappa shape index (κ3) is 6.56. The van der Waals surface area contributed by atoms with Gasteiger partial charge >= 0.3 is 19.8 Å². The smallest absolute Gasteiger partial charge is 0.337 e. The maximum Gasteiger partial charge on any atom is 4.00 e. The number of rotatable bonds is 2. The molecular weight excluding hydrogens is 907 g/mol. The zero-order valence-corrected chi connectivity index (χ0v) is 33.6. The summed E-state index contributed by atoms with van der Waals surface area (Å²) in [5.74, 6) is 0.888. The maximum atomic E-state index is 4.95. The van der Waals surface area contributed by atoms with Crippen molar-refractivity contribution in [1.82, 2.24) is 39.9 Å². The van der Waals surface area contributed by atoms with Gasteiger partial charge in [-0.2, -0.15) is 0 Å². The number of H-pyrrole nitrogens is 1. The molecule has 0 fully saturated rings.